The minimum atomic E-state index is -0.411. The molecular formula is C16H21ClFN3O2S. The van der Waals surface area contributed by atoms with E-state index in [9.17, 15) is 14.0 Å². The summed E-state index contributed by atoms with van der Waals surface area (Å²) >= 11 is 1.59. The van der Waals surface area contributed by atoms with E-state index in [-0.39, 0.29) is 36.1 Å². The molecule has 1 aromatic carbocycles. The fraction of sp³-hybridized carbons (Fsp3) is 0.500. The maximum absolute atomic E-state index is 13.5. The highest BCUT2D eigenvalue weighted by molar-refractivity contribution is 7.99. The summed E-state index contributed by atoms with van der Waals surface area (Å²) in [6, 6.07) is 5.77. The van der Waals surface area contributed by atoms with Gasteiger partial charge in [-0.2, -0.15) is 0 Å². The molecule has 2 amide bonds. The highest BCUT2D eigenvalue weighted by Gasteiger charge is 2.39. The summed E-state index contributed by atoms with van der Waals surface area (Å²) in [6.45, 7) is 3.35. The average Bonchev–Trinajstić information content (AvgIpc) is 3.04. The first-order valence-corrected chi connectivity index (χ1v) is 8.85. The zero-order valence-electron chi connectivity index (χ0n) is 13.4. The molecule has 132 valence electrons. The van der Waals surface area contributed by atoms with Gasteiger partial charge in [0.2, 0.25) is 11.8 Å². The van der Waals surface area contributed by atoms with Crippen molar-refractivity contribution in [1.29, 1.82) is 0 Å². The molecule has 0 radical (unpaired) electrons. The molecule has 2 saturated heterocycles. The highest BCUT2D eigenvalue weighted by Crippen LogP contribution is 2.28. The first-order chi connectivity index (χ1) is 11.1. The van der Waals surface area contributed by atoms with Crippen LogP contribution in [-0.2, 0) is 9.59 Å². The zero-order valence-corrected chi connectivity index (χ0v) is 15.0. The number of halogens is 2. The van der Waals surface area contributed by atoms with E-state index in [0.29, 0.717) is 31.3 Å². The number of amides is 2. The van der Waals surface area contributed by atoms with Gasteiger partial charge in [0, 0.05) is 32.3 Å². The number of hydrogen-bond donors (Lipinski definition) is 1. The maximum atomic E-state index is 13.5. The maximum Gasteiger partial charge on any atom is 0.246 e. The Labute approximate surface area is 151 Å². The standard InChI is InChI=1S/C16H20FN3O2S.ClH/c1-11(21)20-10-23-9-15(20)16(22)19-6-5-18-8-14(19)12-3-2-4-13(17)7-12;/h2-4,7,14-15,18H,5-6,8-10H2,1H3;1H. The lowest BCUT2D eigenvalue weighted by Crippen LogP contribution is -2.55. The molecule has 0 aliphatic carbocycles. The summed E-state index contributed by atoms with van der Waals surface area (Å²) < 4.78 is 13.5. The fourth-order valence-electron chi connectivity index (χ4n) is 3.13. The van der Waals surface area contributed by atoms with Crippen molar-refractivity contribution in [3.8, 4) is 0 Å². The van der Waals surface area contributed by atoms with E-state index in [1.165, 1.54) is 19.1 Å². The summed E-state index contributed by atoms with van der Waals surface area (Å²) in [4.78, 5) is 28.1. The molecule has 5 nitrogen and oxygen atoms in total. The smallest absolute Gasteiger partial charge is 0.246 e. The van der Waals surface area contributed by atoms with E-state index in [1.54, 1.807) is 27.6 Å². The van der Waals surface area contributed by atoms with Crippen molar-refractivity contribution >= 4 is 36.0 Å². The number of nitrogens with one attached hydrogen (secondary N) is 1. The molecule has 0 bridgehead atoms. The molecule has 3 rings (SSSR count). The van der Waals surface area contributed by atoms with Crippen LogP contribution >= 0.6 is 24.2 Å². The van der Waals surface area contributed by atoms with Gasteiger partial charge >= 0.3 is 0 Å². The van der Waals surface area contributed by atoms with Gasteiger partial charge in [0.1, 0.15) is 11.9 Å². The molecule has 2 unspecified atom stereocenters. The van der Waals surface area contributed by atoms with E-state index in [2.05, 4.69) is 5.32 Å². The van der Waals surface area contributed by atoms with E-state index < -0.39 is 6.04 Å². The lowest BCUT2D eigenvalue weighted by Gasteiger charge is -2.39. The summed E-state index contributed by atoms with van der Waals surface area (Å²) in [5.74, 6) is 0.759. The quantitative estimate of drug-likeness (QED) is 0.856. The van der Waals surface area contributed by atoms with Gasteiger partial charge in [-0.05, 0) is 17.7 Å². The van der Waals surface area contributed by atoms with Crippen molar-refractivity contribution < 1.29 is 14.0 Å². The number of hydrogen-bond acceptors (Lipinski definition) is 4. The van der Waals surface area contributed by atoms with E-state index in [0.717, 1.165) is 5.56 Å². The molecule has 1 N–H and O–H groups in total. The van der Waals surface area contributed by atoms with Gasteiger partial charge in [-0.25, -0.2) is 4.39 Å². The Bertz CT molecular complexity index is 619. The van der Waals surface area contributed by atoms with Crippen molar-refractivity contribution in [2.75, 3.05) is 31.3 Å². The van der Waals surface area contributed by atoms with Gasteiger partial charge in [0.05, 0.1) is 11.9 Å². The third-order valence-electron chi connectivity index (χ3n) is 4.33. The van der Waals surface area contributed by atoms with Crippen LogP contribution in [0.5, 0.6) is 0 Å². The minimum absolute atomic E-state index is 0. The van der Waals surface area contributed by atoms with Crippen molar-refractivity contribution in [3.63, 3.8) is 0 Å². The van der Waals surface area contributed by atoms with Crippen LogP contribution < -0.4 is 5.32 Å². The van der Waals surface area contributed by atoms with Crippen LogP contribution in [0, 0.1) is 5.82 Å². The normalized spacial score (nSPS) is 23.8. The SMILES string of the molecule is CC(=O)N1CSCC1C(=O)N1CCNCC1c1cccc(F)c1.Cl. The van der Waals surface area contributed by atoms with Crippen LogP contribution in [0.2, 0.25) is 0 Å². The number of carbonyl (C=O) groups is 2. The molecule has 2 atom stereocenters. The second kappa shape index (κ2) is 8.18. The van der Waals surface area contributed by atoms with Gasteiger partial charge in [-0.15, -0.1) is 24.2 Å². The van der Waals surface area contributed by atoms with Gasteiger partial charge in [-0.3, -0.25) is 9.59 Å². The van der Waals surface area contributed by atoms with Crippen LogP contribution in [0.15, 0.2) is 24.3 Å². The summed E-state index contributed by atoms with van der Waals surface area (Å²) in [5.41, 5.74) is 0.783. The Morgan fingerprint density at radius 2 is 2.12 bits per heavy atom. The second-order valence-electron chi connectivity index (χ2n) is 5.81. The average molecular weight is 374 g/mol. The Kier molecular flexibility index (Phi) is 6.48. The van der Waals surface area contributed by atoms with E-state index >= 15 is 0 Å². The number of thioether (sulfide) groups is 1. The first kappa shape index (κ1) is 19.0. The number of rotatable bonds is 2. The molecule has 0 saturated carbocycles. The number of benzene rings is 1. The lowest BCUT2D eigenvalue weighted by molar-refractivity contribution is -0.144. The van der Waals surface area contributed by atoms with Crippen LogP contribution in [0.3, 0.4) is 0 Å². The Balaban J connectivity index is 0.00000208. The largest absolute Gasteiger partial charge is 0.331 e. The number of carbonyl (C=O) groups excluding carboxylic acids is 2. The fourth-order valence-corrected chi connectivity index (χ4v) is 4.34. The van der Waals surface area contributed by atoms with E-state index in [1.807, 2.05) is 6.07 Å². The van der Waals surface area contributed by atoms with Crippen LogP contribution in [0.25, 0.3) is 0 Å². The lowest BCUT2D eigenvalue weighted by atomic mass is 10.0. The van der Waals surface area contributed by atoms with Crippen molar-refractivity contribution in [3.05, 3.63) is 35.6 Å². The van der Waals surface area contributed by atoms with Gasteiger partial charge in [0.25, 0.3) is 0 Å². The number of nitrogens with zero attached hydrogens (tertiary/aromatic N) is 2. The Hall–Kier alpha value is -1.31. The van der Waals surface area contributed by atoms with E-state index in [4.69, 9.17) is 0 Å². The molecule has 1 aromatic rings. The molecule has 0 spiro atoms. The molecule has 24 heavy (non-hydrogen) atoms. The zero-order chi connectivity index (χ0) is 16.4. The third kappa shape index (κ3) is 3.84. The predicted molar refractivity (Wildman–Crippen MR) is 94.6 cm³/mol. The molecule has 2 fully saturated rings. The van der Waals surface area contributed by atoms with Crippen LogP contribution in [0.1, 0.15) is 18.5 Å². The topological polar surface area (TPSA) is 52.7 Å². The van der Waals surface area contributed by atoms with Gasteiger partial charge in [-0.1, -0.05) is 12.1 Å². The predicted octanol–water partition coefficient (Wildman–Crippen LogP) is 1.64. The van der Waals surface area contributed by atoms with Gasteiger partial charge < -0.3 is 15.1 Å². The number of piperazine rings is 1. The Morgan fingerprint density at radius 3 is 2.83 bits per heavy atom. The minimum Gasteiger partial charge on any atom is -0.331 e. The van der Waals surface area contributed by atoms with Crippen molar-refractivity contribution in [2.45, 2.75) is 19.0 Å². The van der Waals surface area contributed by atoms with Gasteiger partial charge in [0.15, 0.2) is 0 Å². The third-order valence-corrected chi connectivity index (χ3v) is 5.34. The molecule has 8 heteroatoms. The van der Waals surface area contributed by atoms with Crippen molar-refractivity contribution in [2.24, 2.45) is 0 Å². The molecule has 0 aromatic heterocycles. The summed E-state index contributed by atoms with van der Waals surface area (Å²) in [5, 5.41) is 3.26. The summed E-state index contributed by atoms with van der Waals surface area (Å²) in [6.07, 6.45) is 0. The molecule has 2 aliphatic heterocycles. The molecular weight excluding hydrogens is 353 g/mol. The van der Waals surface area contributed by atoms with Crippen LogP contribution in [0.4, 0.5) is 4.39 Å². The first-order valence-electron chi connectivity index (χ1n) is 7.69. The monoisotopic (exact) mass is 373 g/mol. The summed E-state index contributed by atoms with van der Waals surface area (Å²) in [7, 11) is 0. The molecule has 2 aliphatic rings. The van der Waals surface area contributed by atoms with Crippen molar-refractivity contribution in [1.82, 2.24) is 15.1 Å². The molecule has 2 heterocycles. The van der Waals surface area contributed by atoms with Crippen LogP contribution in [-0.4, -0.2) is 58.9 Å². The Morgan fingerprint density at radius 1 is 1.33 bits per heavy atom. The highest BCUT2D eigenvalue weighted by atomic mass is 35.5. The second-order valence-corrected chi connectivity index (χ2v) is 6.81.